The fourth-order valence-electron chi connectivity index (χ4n) is 7.53. The lowest BCUT2D eigenvalue weighted by Gasteiger charge is -2.63. The standard InChI is InChI=1S/C20H32/c1-14-12-20-11-8-16-18(2,3)9-5-10-19(16,4)17(20)7-6-15(14)13-20/h12,15-17H,5-11,13H2,1-4H3/t15-,16-,17?,19-,20-/m1/s1. The summed E-state index contributed by atoms with van der Waals surface area (Å²) >= 11 is 0. The van der Waals surface area contributed by atoms with Crippen molar-refractivity contribution in [3.63, 3.8) is 0 Å². The SMILES string of the molecule is CC1=C[C@@]23CC[C@@H]4C(C)(C)CCC[C@@]4(C)C2CC[C@@H]1C3. The minimum atomic E-state index is 0.586. The Hall–Kier alpha value is -0.260. The second kappa shape index (κ2) is 3.93. The summed E-state index contributed by atoms with van der Waals surface area (Å²) in [5.41, 5.74) is 3.57. The molecule has 4 aliphatic carbocycles. The molecule has 2 bridgehead atoms. The van der Waals surface area contributed by atoms with E-state index in [4.69, 9.17) is 0 Å². The molecular formula is C20H32. The van der Waals surface area contributed by atoms with Crippen LogP contribution in [0.25, 0.3) is 0 Å². The summed E-state index contributed by atoms with van der Waals surface area (Å²) in [5.74, 6) is 2.91. The van der Waals surface area contributed by atoms with Gasteiger partial charge in [-0.05, 0) is 85.9 Å². The lowest BCUT2D eigenvalue weighted by molar-refractivity contribution is -0.133. The molecule has 1 unspecified atom stereocenters. The van der Waals surface area contributed by atoms with Gasteiger partial charge in [0.05, 0.1) is 0 Å². The maximum atomic E-state index is 2.76. The smallest absolute Gasteiger partial charge is 0.00762 e. The van der Waals surface area contributed by atoms with E-state index in [9.17, 15) is 0 Å². The lowest BCUT2D eigenvalue weighted by atomic mass is 9.41. The van der Waals surface area contributed by atoms with Crippen molar-refractivity contribution in [1.29, 1.82) is 0 Å². The Labute approximate surface area is 125 Å². The van der Waals surface area contributed by atoms with Crippen LogP contribution in [0.1, 0.15) is 79.1 Å². The Morgan fingerprint density at radius 3 is 2.55 bits per heavy atom. The van der Waals surface area contributed by atoms with Crippen molar-refractivity contribution in [1.82, 2.24) is 0 Å². The highest BCUT2D eigenvalue weighted by Gasteiger charge is 2.61. The topological polar surface area (TPSA) is 0 Å². The van der Waals surface area contributed by atoms with Crippen molar-refractivity contribution in [2.75, 3.05) is 0 Å². The van der Waals surface area contributed by atoms with Crippen molar-refractivity contribution in [3.8, 4) is 0 Å². The highest BCUT2D eigenvalue weighted by atomic mass is 14.7. The zero-order valence-electron chi connectivity index (χ0n) is 14.0. The fraction of sp³-hybridized carbons (Fsp3) is 0.900. The molecule has 0 aliphatic heterocycles. The van der Waals surface area contributed by atoms with Crippen molar-refractivity contribution in [2.45, 2.75) is 79.1 Å². The molecule has 0 amide bonds. The lowest BCUT2D eigenvalue weighted by Crippen LogP contribution is -2.55. The van der Waals surface area contributed by atoms with Crippen molar-refractivity contribution >= 4 is 0 Å². The van der Waals surface area contributed by atoms with E-state index in [2.05, 4.69) is 33.8 Å². The summed E-state index contributed by atoms with van der Waals surface area (Å²) in [4.78, 5) is 0. The molecule has 3 fully saturated rings. The predicted octanol–water partition coefficient (Wildman–Crippen LogP) is 5.98. The minimum Gasteiger partial charge on any atom is -0.0788 e. The van der Waals surface area contributed by atoms with Crippen LogP contribution < -0.4 is 0 Å². The molecular weight excluding hydrogens is 240 g/mol. The molecule has 4 rings (SSSR count). The molecule has 0 heterocycles. The first kappa shape index (κ1) is 13.4. The van der Waals surface area contributed by atoms with Crippen LogP contribution in [0.2, 0.25) is 0 Å². The number of rotatable bonds is 0. The van der Waals surface area contributed by atoms with E-state index < -0.39 is 0 Å². The first-order chi connectivity index (χ1) is 9.37. The predicted molar refractivity (Wildman–Crippen MR) is 85.5 cm³/mol. The molecule has 20 heavy (non-hydrogen) atoms. The highest BCUT2D eigenvalue weighted by molar-refractivity contribution is 5.26. The summed E-state index contributed by atoms with van der Waals surface area (Å²) in [5, 5.41) is 0. The summed E-state index contributed by atoms with van der Waals surface area (Å²) in [7, 11) is 0. The van der Waals surface area contributed by atoms with E-state index in [0.717, 1.165) is 17.8 Å². The van der Waals surface area contributed by atoms with Crippen LogP contribution in [0, 0.1) is 34.0 Å². The summed E-state index contributed by atoms with van der Waals surface area (Å²) in [6, 6.07) is 0. The first-order valence-corrected chi connectivity index (χ1v) is 9.07. The van der Waals surface area contributed by atoms with Crippen molar-refractivity contribution < 1.29 is 0 Å². The average Bonchev–Trinajstić information content (AvgIpc) is 2.58. The number of fused-ring (bicyclic) bond motifs is 3. The second-order valence-corrected chi connectivity index (χ2v) is 9.59. The van der Waals surface area contributed by atoms with Gasteiger partial charge in [0.1, 0.15) is 0 Å². The van der Waals surface area contributed by atoms with Gasteiger partial charge in [0, 0.05) is 0 Å². The van der Waals surface area contributed by atoms with E-state index >= 15 is 0 Å². The van der Waals surface area contributed by atoms with Gasteiger partial charge >= 0.3 is 0 Å². The molecule has 0 saturated heterocycles. The quantitative estimate of drug-likeness (QED) is 0.476. The molecule has 4 aliphatic rings. The molecule has 3 saturated carbocycles. The van der Waals surface area contributed by atoms with Gasteiger partial charge in [-0.3, -0.25) is 0 Å². The molecule has 5 atom stereocenters. The molecule has 0 radical (unpaired) electrons. The van der Waals surface area contributed by atoms with E-state index in [1.54, 1.807) is 5.57 Å². The third kappa shape index (κ3) is 1.54. The van der Waals surface area contributed by atoms with Crippen molar-refractivity contribution in [2.24, 2.45) is 34.0 Å². The average molecular weight is 272 g/mol. The normalized spacial score (nSPS) is 53.0. The Morgan fingerprint density at radius 2 is 1.75 bits per heavy atom. The molecule has 0 N–H and O–H groups in total. The summed E-state index contributed by atoms with van der Waals surface area (Å²) in [6.45, 7) is 10.2. The number of hydrogen-bond acceptors (Lipinski definition) is 0. The molecule has 0 aromatic heterocycles. The van der Waals surface area contributed by atoms with E-state index in [0.29, 0.717) is 16.2 Å². The van der Waals surface area contributed by atoms with Crippen LogP contribution in [-0.2, 0) is 0 Å². The van der Waals surface area contributed by atoms with E-state index in [1.807, 2.05) is 0 Å². The number of allylic oxidation sites excluding steroid dienone is 2. The fourth-order valence-corrected chi connectivity index (χ4v) is 7.53. The minimum absolute atomic E-state index is 0.586. The Balaban J connectivity index is 1.76. The van der Waals surface area contributed by atoms with Gasteiger partial charge in [-0.25, -0.2) is 0 Å². The molecule has 112 valence electrons. The van der Waals surface area contributed by atoms with Crippen LogP contribution in [0.15, 0.2) is 11.6 Å². The van der Waals surface area contributed by atoms with Gasteiger partial charge < -0.3 is 0 Å². The zero-order chi connectivity index (χ0) is 14.2. The van der Waals surface area contributed by atoms with Crippen LogP contribution in [-0.4, -0.2) is 0 Å². The molecule has 0 aromatic carbocycles. The summed E-state index contributed by atoms with van der Waals surface area (Å²) < 4.78 is 0. The van der Waals surface area contributed by atoms with Gasteiger partial charge in [0.25, 0.3) is 0 Å². The molecule has 1 spiro atoms. The Bertz CT molecular complexity index is 457. The van der Waals surface area contributed by atoms with Crippen LogP contribution in [0.4, 0.5) is 0 Å². The van der Waals surface area contributed by atoms with Crippen LogP contribution >= 0.6 is 0 Å². The highest BCUT2D eigenvalue weighted by Crippen LogP contribution is 2.70. The molecule has 0 aromatic rings. The number of hydrogen-bond donors (Lipinski definition) is 0. The summed E-state index contributed by atoms with van der Waals surface area (Å²) in [6.07, 6.45) is 14.7. The van der Waals surface area contributed by atoms with Gasteiger partial charge in [-0.15, -0.1) is 0 Å². The first-order valence-electron chi connectivity index (χ1n) is 9.07. The van der Waals surface area contributed by atoms with Gasteiger partial charge in [-0.2, -0.15) is 0 Å². The van der Waals surface area contributed by atoms with Crippen molar-refractivity contribution in [3.05, 3.63) is 11.6 Å². The second-order valence-electron chi connectivity index (χ2n) is 9.59. The maximum Gasteiger partial charge on any atom is -0.00762 e. The van der Waals surface area contributed by atoms with E-state index in [1.165, 1.54) is 51.4 Å². The largest absolute Gasteiger partial charge is 0.0788 e. The molecule has 0 nitrogen and oxygen atoms in total. The molecule has 0 heteroatoms. The van der Waals surface area contributed by atoms with Crippen LogP contribution in [0.5, 0.6) is 0 Å². The van der Waals surface area contributed by atoms with E-state index in [-0.39, 0.29) is 0 Å². The van der Waals surface area contributed by atoms with Gasteiger partial charge in [-0.1, -0.05) is 38.8 Å². The van der Waals surface area contributed by atoms with Gasteiger partial charge in [0.2, 0.25) is 0 Å². The Kier molecular flexibility index (Phi) is 2.63. The third-order valence-corrected chi connectivity index (χ3v) is 8.25. The Morgan fingerprint density at radius 1 is 0.950 bits per heavy atom. The van der Waals surface area contributed by atoms with Gasteiger partial charge in [0.15, 0.2) is 0 Å². The van der Waals surface area contributed by atoms with Crippen LogP contribution in [0.3, 0.4) is 0 Å². The zero-order valence-corrected chi connectivity index (χ0v) is 14.0. The monoisotopic (exact) mass is 272 g/mol. The third-order valence-electron chi connectivity index (χ3n) is 8.25. The maximum absolute atomic E-state index is 2.76.